The number of hydrogen-bond acceptors (Lipinski definition) is 9. The standard InChI is InChI=1S/C18H15N7O3/c1-2-27-18(26)12-6-7-20-16(8-12)28-15-5-3-4-14(9-15)21-11-13(10-19)17-22-24-25-23-17/h3-9,11,21H,2H2,1H3,(H,22,23,24,25). The molecule has 2 heterocycles. The second kappa shape index (κ2) is 8.91. The van der Waals surface area contributed by atoms with E-state index in [-0.39, 0.29) is 23.9 Å². The summed E-state index contributed by atoms with van der Waals surface area (Å²) < 4.78 is 10.7. The molecule has 10 nitrogen and oxygen atoms in total. The van der Waals surface area contributed by atoms with Crippen molar-refractivity contribution in [2.75, 3.05) is 11.9 Å². The molecule has 140 valence electrons. The van der Waals surface area contributed by atoms with Gasteiger partial charge in [-0.15, -0.1) is 10.2 Å². The van der Waals surface area contributed by atoms with Gasteiger partial charge in [0.2, 0.25) is 11.7 Å². The second-order valence-corrected chi connectivity index (χ2v) is 5.28. The Hall–Kier alpha value is -4.26. The average molecular weight is 377 g/mol. The fourth-order valence-corrected chi connectivity index (χ4v) is 2.15. The van der Waals surface area contributed by atoms with Crippen LogP contribution in [0.1, 0.15) is 23.1 Å². The van der Waals surface area contributed by atoms with E-state index in [1.54, 1.807) is 37.3 Å². The van der Waals surface area contributed by atoms with Crippen LogP contribution in [0.4, 0.5) is 5.69 Å². The van der Waals surface area contributed by atoms with E-state index in [0.29, 0.717) is 17.0 Å². The highest BCUT2D eigenvalue weighted by molar-refractivity contribution is 5.89. The molecule has 0 saturated carbocycles. The molecule has 0 saturated heterocycles. The predicted molar refractivity (Wildman–Crippen MR) is 98.1 cm³/mol. The Morgan fingerprint density at radius 3 is 3.00 bits per heavy atom. The Morgan fingerprint density at radius 2 is 2.25 bits per heavy atom. The summed E-state index contributed by atoms with van der Waals surface area (Å²) in [7, 11) is 0. The zero-order valence-corrected chi connectivity index (χ0v) is 14.8. The summed E-state index contributed by atoms with van der Waals surface area (Å²) in [5.41, 5.74) is 1.22. The summed E-state index contributed by atoms with van der Waals surface area (Å²) in [5.74, 6) is 0.482. The first kappa shape index (κ1) is 18.5. The lowest BCUT2D eigenvalue weighted by atomic mass is 10.2. The zero-order chi connectivity index (χ0) is 19.8. The number of rotatable bonds is 7. The normalized spacial score (nSPS) is 10.8. The maximum atomic E-state index is 11.8. The minimum absolute atomic E-state index is 0.183. The fraction of sp³-hybridized carbons (Fsp3) is 0.111. The molecular weight excluding hydrogens is 362 g/mol. The van der Waals surface area contributed by atoms with Gasteiger partial charge in [-0.2, -0.15) is 10.5 Å². The summed E-state index contributed by atoms with van der Waals surface area (Å²) >= 11 is 0. The SMILES string of the molecule is CCOC(=O)c1ccnc(Oc2cccc(NC=C(C#N)c3nn[nH]n3)c2)c1. The topological polar surface area (TPSA) is 139 Å². The van der Waals surface area contributed by atoms with Gasteiger partial charge in [0.1, 0.15) is 17.4 Å². The number of benzene rings is 1. The quantitative estimate of drug-likeness (QED) is 0.469. The largest absolute Gasteiger partial charge is 0.462 e. The second-order valence-electron chi connectivity index (χ2n) is 5.28. The van der Waals surface area contributed by atoms with Crippen LogP contribution in [-0.4, -0.2) is 38.2 Å². The molecule has 2 N–H and O–H groups in total. The Labute approximate surface area is 159 Å². The maximum Gasteiger partial charge on any atom is 0.338 e. The summed E-state index contributed by atoms with van der Waals surface area (Å²) in [6, 6.07) is 12.0. The van der Waals surface area contributed by atoms with Crippen LogP contribution in [0.25, 0.3) is 5.57 Å². The van der Waals surface area contributed by atoms with Gasteiger partial charge >= 0.3 is 5.97 Å². The molecule has 0 bridgehead atoms. The molecule has 0 aliphatic rings. The van der Waals surface area contributed by atoms with E-state index in [2.05, 4.69) is 30.9 Å². The number of anilines is 1. The molecule has 2 aromatic heterocycles. The van der Waals surface area contributed by atoms with Crippen molar-refractivity contribution in [2.24, 2.45) is 0 Å². The first-order valence-electron chi connectivity index (χ1n) is 8.21. The molecule has 0 aliphatic heterocycles. The number of carbonyl (C=O) groups excluding carboxylic acids is 1. The number of allylic oxidation sites excluding steroid dienone is 1. The van der Waals surface area contributed by atoms with Gasteiger partial charge in [0.25, 0.3) is 0 Å². The van der Waals surface area contributed by atoms with Gasteiger partial charge in [-0.05, 0) is 30.3 Å². The fourth-order valence-electron chi connectivity index (χ4n) is 2.15. The number of pyridine rings is 1. The Kier molecular flexibility index (Phi) is 5.89. The van der Waals surface area contributed by atoms with Crippen molar-refractivity contribution < 1.29 is 14.3 Å². The molecule has 0 amide bonds. The number of carbonyl (C=O) groups is 1. The Bertz CT molecular complexity index is 1030. The minimum Gasteiger partial charge on any atom is -0.462 e. The number of tetrazole rings is 1. The highest BCUT2D eigenvalue weighted by Gasteiger charge is 2.09. The average Bonchev–Trinajstić information content (AvgIpc) is 3.24. The summed E-state index contributed by atoms with van der Waals surface area (Å²) in [5, 5.41) is 25.4. The van der Waals surface area contributed by atoms with Crippen molar-refractivity contribution in [2.45, 2.75) is 6.92 Å². The molecule has 3 aromatic rings. The van der Waals surface area contributed by atoms with Crippen LogP contribution in [0, 0.1) is 11.3 Å². The molecule has 0 aliphatic carbocycles. The first-order chi connectivity index (χ1) is 13.7. The first-order valence-corrected chi connectivity index (χ1v) is 8.21. The summed E-state index contributed by atoms with van der Waals surface area (Å²) in [6.07, 6.45) is 2.93. The third kappa shape index (κ3) is 4.67. The lowest BCUT2D eigenvalue weighted by Gasteiger charge is -2.08. The van der Waals surface area contributed by atoms with E-state index < -0.39 is 5.97 Å². The lowest BCUT2D eigenvalue weighted by molar-refractivity contribution is 0.0526. The van der Waals surface area contributed by atoms with E-state index in [9.17, 15) is 10.1 Å². The summed E-state index contributed by atoms with van der Waals surface area (Å²) in [6.45, 7) is 2.02. The molecule has 10 heteroatoms. The Balaban J connectivity index is 1.73. The molecule has 3 rings (SSSR count). The number of nitrogens with zero attached hydrogens (tertiary/aromatic N) is 5. The van der Waals surface area contributed by atoms with Gasteiger partial charge < -0.3 is 14.8 Å². The molecule has 1 aromatic carbocycles. The minimum atomic E-state index is -0.444. The smallest absolute Gasteiger partial charge is 0.338 e. The highest BCUT2D eigenvalue weighted by atomic mass is 16.5. The van der Waals surface area contributed by atoms with E-state index >= 15 is 0 Å². The van der Waals surface area contributed by atoms with E-state index in [0.717, 1.165) is 0 Å². The van der Waals surface area contributed by atoms with Crippen molar-refractivity contribution in [1.29, 1.82) is 5.26 Å². The number of aromatic amines is 1. The number of nitrogens with one attached hydrogen (secondary N) is 2. The highest BCUT2D eigenvalue weighted by Crippen LogP contribution is 2.24. The van der Waals surface area contributed by atoms with E-state index in [1.807, 2.05) is 6.07 Å². The monoisotopic (exact) mass is 377 g/mol. The zero-order valence-electron chi connectivity index (χ0n) is 14.8. The van der Waals surface area contributed by atoms with Crippen molar-refractivity contribution in [3.8, 4) is 17.7 Å². The van der Waals surface area contributed by atoms with Gasteiger partial charge in [-0.3, -0.25) is 0 Å². The van der Waals surface area contributed by atoms with Crippen molar-refractivity contribution in [3.63, 3.8) is 0 Å². The molecule has 0 spiro atoms. The van der Waals surface area contributed by atoms with Crippen molar-refractivity contribution >= 4 is 17.2 Å². The lowest BCUT2D eigenvalue weighted by Crippen LogP contribution is -2.05. The third-order valence-corrected chi connectivity index (χ3v) is 3.39. The number of hydrogen-bond donors (Lipinski definition) is 2. The van der Waals surface area contributed by atoms with Crippen LogP contribution in [0.5, 0.6) is 11.6 Å². The van der Waals surface area contributed by atoms with Crippen molar-refractivity contribution in [1.82, 2.24) is 25.6 Å². The molecule has 0 atom stereocenters. The van der Waals surface area contributed by atoms with Gasteiger partial charge in [0.05, 0.1) is 12.2 Å². The molecule has 0 fully saturated rings. The number of H-pyrrole nitrogens is 1. The van der Waals surface area contributed by atoms with Crippen LogP contribution in [0.2, 0.25) is 0 Å². The third-order valence-electron chi connectivity index (χ3n) is 3.39. The molecule has 0 unspecified atom stereocenters. The molecule has 0 radical (unpaired) electrons. The van der Waals surface area contributed by atoms with Crippen LogP contribution in [-0.2, 0) is 4.74 Å². The number of ether oxygens (including phenoxy) is 2. The van der Waals surface area contributed by atoms with Crippen LogP contribution >= 0.6 is 0 Å². The van der Waals surface area contributed by atoms with Crippen LogP contribution in [0.3, 0.4) is 0 Å². The number of nitriles is 1. The van der Waals surface area contributed by atoms with Gasteiger partial charge in [-0.25, -0.2) is 9.78 Å². The van der Waals surface area contributed by atoms with Gasteiger partial charge in [0.15, 0.2) is 0 Å². The molecule has 28 heavy (non-hydrogen) atoms. The van der Waals surface area contributed by atoms with Gasteiger partial charge in [0, 0.05) is 30.2 Å². The number of esters is 1. The van der Waals surface area contributed by atoms with Gasteiger partial charge in [-0.1, -0.05) is 6.07 Å². The van der Waals surface area contributed by atoms with Crippen molar-refractivity contribution in [3.05, 3.63) is 60.2 Å². The van der Waals surface area contributed by atoms with Crippen LogP contribution < -0.4 is 10.1 Å². The predicted octanol–water partition coefficient (Wildman–Crippen LogP) is 2.54. The number of aromatic nitrogens is 5. The maximum absolute atomic E-state index is 11.8. The summed E-state index contributed by atoms with van der Waals surface area (Å²) in [4.78, 5) is 15.9. The van der Waals surface area contributed by atoms with E-state index in [4.69, 9.17) is 9.47 Å². The molecular formula is C18H15N7O3. The Morgan fingerprint density at radius 1 is 1.36 bits per heavy atom. The van der Waals surface area contributed by atoms with Crippen LogP contribution in [0.15, 0.2) is 48.8 Å². The van der Waals surface area contributed by atoms with E-state index in [1.165, 1.54) is 18.5 Å².